The number of carbonyl (C=O) groups excluding carboxylic acids is 1. The van der Waals surface area contributed by atoms with Crippen LogP contribution in [-0.4, -0.2) is 38.9 Å². The molecule has 0 radical (unpaired) electrons. The minimum absolute atomic E-state index is 0.00363. The summed E-state index contributed by atoms with van der Waals surface area (Å²) in [5.74, 6) is -0.972. The van der Waals surface area contributed by atoms with Gasteiger partial charge in [0, 0.05) is 18.8 Å². The molecule has 1 aromatic carbocycles. The maximum atomic E-state index is 12.6. The first kappa shape index (κ1) is 16.1. The van der Waals surface area contributed by atoms with Crippen molar-refractivity contribution < 1.29 is 17.9 Å². The summed E-state index contributed by atoms with van der Waals surface area (Å²) in [6.07, 6.45) is 0. The molecule has 1 aliphatic heterocycles. The van der Waals surface area contributed by atoms with E-state index >= 15 is 0 Å². The average Bonchev–Trinajstić information content (AvgIpc) is 2.80. The number of methoxy groups -OCH3 is 1. The largest absolute Gasteiger partial charge is 0.469 e. The normalized spacial score (nSPS) is 23.2. The number of anilines is 1. The van der Waals surface area contributed by atoms with Gasteiger partial charge in [-0.05, 0) is 24.1 Å². The standard InChI is InChI=1S/C13H17ClN2O4S/c1-8-6-16(7-10(8)13(17)20-2)21(18,19)12-4-3-9(15)5-11(12)14/h3-5,8,10H,6-7,15H2,1-2H3. The van der Waals surface area contributed by atoms with Crippen molar-refractivity contribution in [2.75, 3.05) is 25.9 Å². The Bertz CT molecular complexity index is 662. The maximum Gasteiger partial charge on any atom is 0.310 e. The van der Waals surface area contributed by atoms with E-state index in [4.69, 9.17) is 22.1 Å². The Morgan fingerprint density at radius 2 is 2.10 bits per heavy atom. The smallest absolute Gasteiger partial charge is 0.310 e. The minimum atomic E-state index is -3.76. The number of benzene rings is 1. The van der Waals surface area contributed by atoms with E-state index in [9.17, 15) is 13.2 Å². The van der Waals surface area contributed by atoms with Crippen LogP contribution in [0.1, 0.15) is 6.92 Å². The molecule has 0 aliphatic carbocycles. The Hall–Kier alpha value is -1.31. The van der Waals surface area contributed by atoms with Crippen molar-refractivity contribution in [1.82, 2.24) is 4.31 Å². The summed E-state index contributed by atoms with van der Waals surface area (Å²) in [7, 11) is -2.46. The predicted molar refractivity (Wildman–Crippen MR) is 79.3 cm³/mol. The molecule has 1 saturated heterocycles. The van der Waals surface area contributed by atoms with Crippen molar-refractivity contribution in [3.05, 3.63) is 23.2 Å². The lowest BCUT2D eigenvalue weighted by molar-refractivity contribution is -0.145. The van der Waals surface area contributed by atoms with E-state index in [1.54, 1.807) is 0 Å². The summed E-state index contributed by atoms with van der Waals surface area (Å²) in [5, 5.41) is 0.0733. The Morgan fingerprint density at radius 1 is 1.43 bits per heavy atom. The zero-order valence-corrected chi connectivity index (χ0v) is 13.3. The first-order valence-electron chi connectivity index (χ1n) is 6.40. The number of hydrogen-bond donors (Lipinski definition) is 1. The first-order chi connectivity index (χ1) is 9.77. The van der Waals surface area contributed by atoms with Gasteiger partial charge in [-0.3, -0.25) is 4.79 Å². The van der Waals surface area contributed by atoms with Gasteiger partial charge in [-0.2, -0.15) is 4.31 Å². The molecule has 1 heterocycles. The van der Waals surface area contributed by atoms with Crippen molar-refractivity contribution >= 4 is 33.3 Å². The molecule has 116 valence electrons. The third-order valence-electron chi connectivity index (χ3n) is 3.66. The molecule has 21 heavy (non-hydrogen) atoms. The molecule has 0 amide bonds. The lowest BCUT2D eigenvalue weighted by Crippen LogP contribution is -2.30. The van der Waals surface area contributed by atoms with Gasteiger partial charge >= 0.3 is 5.97 Å². The highest BCUT2D eigenvalue weighted by Gasteiger charge is 2.41. The highest BCUT2D eigenvalue weighted by atomic mass is 35.5. The molecule has 2 atom stereocenters. The van der Waals surface area contributed by atoms with Gasteiger partial charge in [0.1, 0.15) is 4.90 Å². The van der Waals surface area contributed by atoms with Gasteiger partial charge in [-0.15, -0.1) is 0 Å². The fourth-order valence-electron chi connectivity index (χ4n) is 2.44. The van der Waals surface area contributed by atoms with Crippen molar-refractivity contribution in [2.24, 2.45) is 11.8 Å². The summed E-state index contributed by atoms with van der Waals surface area (Å²) in [5.41, 5.74) is 5.96. The molecule has 1 aliphatic rings. The van der Waals surface area contributed by atoms with Crippen LogP contribution >= 0.6 is 11.6 Å². The Morgan fingerprint density at radius 3 is 2.67 bits per heavy atom. The van der Waals surface area contributed by atoms with Crippen LogP contribution in [0.25, 0.3) is 0 Å². The van der Waals surface area contributed by atoms with Crippen LogP contribution in [0, 0.1) is 11.8 Å². The maximum absolute atomic E-state index is 12.6. The van der Waals surface area contributed by atoms with Crippen molar-refractivity contribution in [1.29, 1.82) is 0 Å². The number of nitrogens with zero attached hydrogens (tertiary/aromatic N) is 1. The van der Waals surface area contributed by atoms with Gasteiger partial charge < -0.3 is 10.5 Å². The quantitative estimate of drug-likeness (QED) is 0.666. The topological polar surface area (TPSA) is 89.7 Å². The number of sulfonamides is 1. The summed E-state index contributed by atoms with van der Waals surface area (Å²) in [6.45, 7) is 2.17. The van der Waals surface area contributed by atoms with E-state index in [1.165, 1.54) is 29.6 Å². The second kappa shape index (κ2) is 5.82. The lowest BCUT2D eigenvalue weighted by atomic mass is 9.99. The van der Waals surface area contributed by atoms with Crippen LogP contribution < -0.4 is 5.73 Å². The molecular weight excluding hydrogens is 316 g/mol. The van der Waals surface area contributed by atoms with E-state index in [0.717, 1.165) is 0 Å². The molecular formula is C13H17ClN2O4S. The highest BCUT2D eigenvalue weighted by molar-refractivity contribution is 7.89. The van der Waals surface area contributed by atoms with Crippen LogP contribution in [0.5, 0.6) is 0 Å². The predicted octanol–water partition coefficient (Wildman–Crippen LogP) is 1.35. The number of ether oxygens (including phenoxy) is 1. The Labute approximate surface area is 128 Å². The van der Waals surface area contributed by atoms with E-state index in [2.05, 4.69) is 0 Å². The number of esters is 1. The van der Waals surface area contributed by atoms with Crippen LogP contribution in [-0.2, 0) is 19.6 Å². The monoisotopic (exact) mass is 332 g/mol. The molecule has 1 aromatic rings. The molecule has 0 spiro atoms. The van der Waals surface area contributed by atoms with Crippen LogP contribution in [0.4, 0.5) is 5.69 Å². The molecule has 0 saturated carbocycles. The average molecular weight is 333 g/mol. The number of nitrogens with two attached hydrogens (primary N) is 1. The zero-order chi connectivity index (χ0) is 15.8. The number of hydrogen-bond acceptors (Lipinski definition) is 5. The molecule has 0 bridgehead atoms. The summed E-state index contributed by atoms with van der Waals surface area (Å²) in [6, 6.07) is 4.25. The fourth-order valence-corrected chi connectivity index (χ4v) is 4.54. The third-order valence-corrected chi connectivity index (χ3v) is 5.97. The van der Waals surface area contributed by atoms with Crippen molar-refractivity contribution in [3.63, 3.8) is 0 Å². The minimum Gasteiger partial charge on any atom is -0.469 e. The second-order valence-corrected chi connectivity index (χ2v) is 7.43. The summed E-state index contributed by atoms with van der Waals surface area (Å²) < 4.78 is 31.2. The third kappa shape index (κ3) is 3.00. The first-order valence-corrected chi connectivity index (χ1v) is 8.22. The van der Waals surface area contributed by atoms with E-state index in [-0.39, 0.29) is 28.9 Å². The van der Waals surface area contributed by atoms with E-state index < -0.39 is 21.9 Å². The molecule has 1 fully saturated rings. The Balaban J connectivity index is 2.31. The van der Waals surface area contributed by atoms with Gasteiger partial charge in [0.15, 0.2) is 0 Å². The summed E-state index contributed by atoms with van der Waals surface area (Å²) >= 11 is 5.98. The number of rotatable bonds is 3. The number of carbonyl (C=O) groups is 1. The molecule has 2 rings (SSSR count). The number of halogens is 1. The van der Waals surface area contributed by atoms with Crippen LogP contribution in [0.2, 0.25) is 5.02 Å². The van der Waals surface area contributed by atoms with Crippen LogP contribution in [0.3, 0.4) is 0 Å². The molecule has 2 unspecified atom stereocenters. The van der Waals surface area contributed by atoms with Gasteiger partial charge in [0.25, 0.3) is 0 Å². The van der Waals surface area contributed by atoms with E-state index in [0.29, 0.717) is 5.69 Å². The van der Waals surface area contributed by atoms with Gasteiger partial charge in [0.2, 0.25) is 10.0 Å². The fraction of sp³-hybridized carbons (Fsp3) is 0.462. The molecule has 8 heteroatoms. The van der Waals surface area contributed by atoms with Crippen LogP contribution in [0.15, 0.2) is 23.1 Å². The Kier molecular flexibility index (Phi) is 4.46. The SMILES string of the molecule is COC(=O)C1CN(S(=O)(=O)c2ccc(N)cc2Cl)CC1C. The zero-order valence-electron chi connectivity index (χ0n) is 11.7. The van der Waals surface area contributed by atoms with Crippen molar-refractivity contribution in [2.45, 2.75) is 11.8 Å². The second-order valence-electron chi connectivity index (χ2n) is 5.12. The lowest BCUT2D eigenvalue weighted by Gasteiger charge is -2.17. The van der Waals surface area contributed by atoms with Gasteiger partial charge in [-0.25, -0.2) is 8.42 Å². The van der Waals surface area contributed by atoms with Crippen molar-refractivity contribution in [3.8, 4) is 0 Å². The number of nitrogen functional groups attached to an aromatic ring is 1. The van der Waals surface area contributed by atoms with E-state index in [1.807, 2.05) is 6.92 Å². The molecule has 0 aromatic heterocycles. The van der Waals surface area contributed by atoms with Gasteiger partial charge in [-0.1, -0.05) is 18.5 Å². The van der Waals surface area contributed by atoms with Gasteiger partial charge in [0.05, 0.1) is 18.1 Å². The molecule has 6 nitrogen and oxygen atoms in total. The molecule has 2 N–H and O–H groups in total. The summed E-state index contributed by atoms with van der Waals surface area (Å²) in [4.78, 5) is 11.7. The highest BCUT2D eigenvalue weighted by Crippen LogP contribution is 2.32.